The third-order valence-corrected chi connectivity index (χ3v) is 4.88. The Morgan fingerprint density at radius 3 is 1.68 bits per heavy atom. The predicted molar refractivity (Wildman–Crippen MR) is 90.0 cm³/mol. The lowest BCUT2D eigenvalue weighted by Gasteiger charge is -2.08. The number of rotatable bonds is 12. The highest BCUT2D eigenvalue weighted by atomic mass is 32.2. The average molecular weight is 325 g/mol. The molecule has 22 heavy (non-hydrogen) atoms. The normalized spacial score (nSPS) is 11.7. The van der Waals surface area contributed by atoms with Crippen molar-refractivity contribution in [3.63, 3.8) is 0 Å². The molecular formula is C18H29O3S-. The summed E-state index contributed by atoms with van der Waals surface area (Å²) >= 11 is 0. The van der Waals surface area contributed by atoms with E-state index in [-0.39, 0.29) is 4.90 Å². The zero-order valence-electron chi connectivity index (χ0n) is 13.7. The molecule has 1 aromatic rings. The summed E-state index contributed by atoms with van der Waals surface area (Å²) in [5.41, 5.74) is 1.10. The number of hydrogen-bond donors (Lipinski definition) is 0. The van der Waals surface area contributed by atoms with Crippen LogP contribution in [0.2, 0.25) is 0 Å². The molecule has 0 aliphatic carbocycles. The van der Waals surface area contributed by atoms with Gasteiger partial charge in [-0.05, 0) is 30.5 Å². The van der Waals surface area contributed by atoms with Crippen molar-refractivity contribution in [2.75, 3.05) is 0 Å². The van der Waals surface area contributed by atoms with Crippen molar-refractivity contribution in [2.24, 2.45) is 0 Å². The summed E-state index contributed by atoms with van der Waals surface area (Å²) in [6.45, 7) is 2.24. The lowest BCUT2D eigenvalue weighted by atomic mass is 10.0. The van der Waals surface area contributed by atoms with Gasteiger partial charge in [0.1, 0.15) is 10.1 Å². The van der Waals surface area contributed by atoms with Crippen LogP contribution in [0.5, 0.6) is 0 Å². The van der Waals surface area contributed by atoms with E-state index in [0.717, 1.165) is 18.4 Å². The van der Waals surface area contributed by atoms with Crippen molar-refractivity contribution >= 4 is 10.1 Å². The van der Waals surface area contributed by atoms with Crippen molar-refractivity contribution in [1.29, 1.82) is 0 Å². The maximum atomic E-state index is 10.8. The Hall–Kier alpha value is -0.870. The Kier molecular flexibility index (Phi) is 9.41. The molecule has 0 spiro atoms. The molecule has 0 aromatic heterocycles. The van der Waals surface area contributed by atoms with Gasteiger partial charge in [-0.25, -0.2) is 8.42 Å². The van der Waals surface area contributed by atoms with Crippen LogP contribution < -0.4 is 0 Å². The average Bonchev–Trinajstić information content (AvgIpc) is 2.49. The summed E-state index contributed by atoms with van der Waals surface area (Å²) in [6.07, 6.45) is 14.0. The Bertz CT molecular complexity index is 492. The van der Waals surface area contributed by atoms with Gasteiger partial charge in [-0.3, -0.25) is 0 Å². The fraction of sp³-hybridized carbons (Fsp3) is 0.667. The van der Waals surface area contributed by atoms with E-state index in [1.165, 1.54) is 69.9 Å². The standard InChI is InChI=1S/C18H30O3S/c1-2-3-4-5-6-7-8-9-10-11-12-17-13-15-18(16-14-17)22(19,20)21/h13-16H,2-12H2,1H3,(H,19,20,21)/p-1. The smallest absolute Gasteiger partial charge is 0.124 e. The van der Waals surface area contributed by atoms with Gasteiger partial charge in [0.15, 0.2) is 0 Å². The van der Waals surface area contributed by atoms with E-state index in [0.29, 0.717) is 0 Å². The van der Waals surface area contributed by atoms with Gasteiger partial charge in [0, 0.05) is 0 Å². The van der Waals surface area contributed by atoms with Crippen LogP contribution in [0.1, 0.15) is 76.7 Å². The van der Waals surface area contributed by atoms with Gasteiger partial charge in [-0.1, -0.05) is 76.8 Å². The first-order chi connectivity index (χ1) is 10.5. The number of benzene rings is 1. The molecule has 0 N–H and O–H groups in total. The van der Waals surface area contributed by atoms with Crippen LogP contribution in [-0.2, 0) is 16.5 Å². The minimum absolute atomic E-state index is 0.140. The van der Waals surface area contributed by atoms with Crippen LogP contribution in [0.25, 0.3) is 0 Å². The predicted octanol–water partition coefficient (Wildman–Crippen LogP) is 5.05. The van der Waals surface area contributed by atoms with Crippen LogP contribution in [-0.4, -0.2) is 13.0 Å². The summed E-state index contributed by atoms with van der Waals surface area (Å²) in [5.74, 6) is 0. The molecule has 0 saturated carbocycles. The van der Waals surface area contributed by atoms with E-state index in [1.54, 1.807) is 12.1 Å². The summed E-state index contributed by atoms with van der Waals surface area (Å²) < 4.78 is 32.5. The third-order valence-electron chi connectivity index (χ3n) is 4.03. The van der Waals surface area contributed by atoms with Crippen molar-refractivity contribution in [3.8, 4) is 0 Å². The largest absolute Gasteiger partial charge is 0.744 e. The highest BCUT2D eigenvalue weighted by Crippen LogP contribution is 2.14. The van der Waals surface area contributed by atoms with Crippen LogP contribution in [0.4, 0.5) is 0 Å². The molecule has 126 valence electrons. The highest BCUT2D eigenvalue weighted by molar-refractivity contribution is 7.85. The molecule has 4 heteroatoms. The van der Waals surface area contributed by atoms with E-state index in [2.05, 4.69) is 6.92 Å². The SMILES string of the molecule is CCCCCCCCCCCCc1ccc(S(=O)(=O)[O-])cc1. The quantitative estimate of drug-likeness (QED) is 0.399. The van der Waals surface area contributed by atoms with Crippen molar-refractivity contribution in [3.05, 3.63) is 29.8 Å². The maximum Gasteiger partial charge on any atom is 0.124 e. The highest BCUT2D eigenvalue weighted by Gasteiger charge is 2.01. The second kappa shape index (κ2) is 10.8. The molecule has 3 nitrogen and oxygen atoms in total. The molecule has 0 fully saturated rings. The molecule has 0 heterocycles. The van der Waals surface area contributed by atoms with Crippen LogP contribution in [0.3, 0.4) is 0 Å². The molecule has 0 radical (unpaired) electrons. The van der Waals surface area contributed by atoms with E-state index < -0.39 is 10.1 Å². The lowest BCUT2D eigenvalue weighted by molar-refractivity contribution is 0.463. The van der Waals surface area contributed by atoms with Gasteiger partial charge >= 0.3 is 0 Å². The summed E-state index contributed by atoms with van der Waals surface area (Å²) in [4.78, 5) is -0.140. The van der Waals surface area contributed by atoms with Gasteiger partial charge in [0.2, 0.25) is 0 Å². The van der Waals surface area contributed by atoms with Crippen molar-refractivity contribution < 1.29 is 13.0 Å². The summed E-state index contributed by atoms with van der Waals surface area (Å²) in [6, 6.07) is 6.32. The molecule has 0 atom stereocenters. The summed E-state index contributed by atoms with van der Waals surface area (Å²) in [5, 5.41) is 0. The second-order valence-corrected chi connectivity index (χ2v) is 7.41. The van der Waals surface area contributed by atoms with Gasteiger partial charge in [0.05, 0.1) is 4.90 Å². The molecule has 0 unspecified atom stereocenters. The van der Waals surface area contributed by atoms with E-state index in [4.69, 9.17) is 0 Å². The first kappa shape index (κ1) is 19.2. The minimum atomic E-state index is -4.31. The molecule has 1 aromatic carbocycles. The maximum absolute atomic E-state index is 10.8. The monoisotopic (exact) mass is 325 g/mol. The zero-order chi connectivity index (χ0) is 16.3. The van der Waals surface area contributed by atoms with Crippen LogP contribution in [0, 0.1) is 0 Å². The Morgan fingerprint density at radius 2 is 1.23 bits per heavy atom. The number of hydrogen-bond acceptors (Lipinski definition) is 3. The third kappa shape index (κ3) is 8.54. The van der Waals surface area contributed by atoms with Gasteiger partial charge < -0.3 is 4.55 Å². The molecule has 0 aliphatic heterocycles. The van der Waals surface area contributed by atoms with E-state index in [9.17, 15) is 13.0 Å². The van der Waals surface area contributed by atoms with Gasteiger partial charge in [0.25, 0.3) is 0 Å². The van der Waals surface area contributed by atoms with E-state index in [1.807, 2.05) is 0 Å². The molecule has 1 rings (SSSR count). The lowest BCUT2D eigenvalue weighted by Crippen LogP contribution is -1.98. The second-order valence-electron chi connectivity index (χ2n) is 6.03. The molecular weight excluding hydrogens is 296 g/mol. The van der Waals surface area contributed by atoms with Gasteiger partial charge in [-0.15, -0.1) is 0 Å². The molecule has 0 aliphatic rings. The molecule has 0 amide bonds. The zero-order valence-corrected chi connectivity index (χ0v) is 14.5. The summed E-state index contributed by atoms with van der Waals surface area (Å²) in [7, 11) is -4.31. The molecule has 0 saturated heterocycles. The Morgan fingerprint density at radius 1 is 0.773 bits per heavy atom. The number of aryl methyl sites for hydroxylation is 1. The fourth-order valence-electron chi connectivity index (χ4n) is 2.64. The van der Waals surface area contributed by atoms with Crippen molar-refractivity contribution in [1.82, 2.24) is 0 Å². The fourth-order valence-corrected chi connectivity index (χ4v) is 3.11. The Labute approximate surface area is 135 Å². The van der Waals surface area contributed by atoms with Crippen molar-refractivity contribution in [2.45, 2.75) is 82.4 Å². The van der Waals surface area contributed by atoms with Crippen LogP contribution in [0.15, 0.2) is 29.2 Å². The topological polar surface area (TPSA) is 57.2 Å². The Balaban J connectivity index is 2.05. The first-order valence-corrected chi connectivity index (χ1v) is 9.99. The first-order valence-electron chi connectivity index (χ1n) is 8.59. The van der Waals surface area contributed by atoms with E-state index >= 15 is 0 Å². The molecule has 0 bridgehead atoms. The van der Waals surface area contributed by atoms with Gasteiger partial charge in [-0.2, -0.15) is 0 Å². The van der Waals surface area contributed by atoms with Crippen LogP contribution >= 0.6 is 0 Å². The number of unbranched alkanes of at least 4 members (excludes halogenated alkanes) is 9. The minimum Gasteiger partial charge on any atom is -0.744 e.